The zero-order valence-corrected chi connectivity index (χ0v) is 8.24. The first-order valence-corrected chi connectivity index (χ1v) is 4.59. The summed E-state index contributed by atoms with van der Waals surface area (Å²) in [5, 5.41) is 8.96. The highest BCUT2D eigenvalue weighted by molar-refractivity contribution is 5.99. The zero-order valence-electron chi connectivity index (χ0n) is 8.24. The van der Waals surface area contributed by atoms with E-state index in [4.69, 9.17) is 5.11 Å². The molecule has 2 nitrogen and oxygen atoms in total. The minimum absolute atomic E-state index is 0.326. The van der Waals surface area contributed by atoms with Crippen molar-refractivity contribution in [3.8, 4) is 0 Å². The number of benzene rings is 1. The molecule has 0 saturated heterocycles. The Labute approximate surface area is 82.9 Å². The highest BCUT2D eigenvalue weighted by Crippen LogP contribution is 2.53. The molecule has 2 heteroatoms. The molecule has 14 heavy (non-hydrogen) atoms. The Morgan fingerprint density at radius 2 is 1.86 bits per heavy atom. The largest absolute Gasteiger partial charge is 0.478 e. The second-order valence-electron chi connectivity index (χ2n) is 3.80. The van der Waals surface area contributed by atoms with Crippen LogP contribution in [0.3, 0.4) is 0 Å². The highest BCUT2D eigenvalue weighted by atomic mass is 16.4. The molecule has 1 aliphatic carbocycles. The quantitative estimate of drug-likeness (QED) is 0.773. The van der Waals surface area contributed by atoms with Gasteiger partial charge in [-0.3, -0.25) is 0 Å². The molecule has 0 spiro atoms. The third-order valence-electron chi connectivity index (χ3n) is 3.13. The number of hydrogen-bond acceptors (Lipinski definition) is 1. The van der Waals surface area contributed by atoms with Crippen LogP contribution in [0.5, 0.6) is 0 Å². The van der Waals surface area contributed by atoms with E-state index in [0.29, 0.717) is 5.57 Å². The average Bonchev–Trinajstić information content (AvgIpc) is 2.72. The molecule has 0 fully saturated rings. The fraction of sp³-hybridized carbons (Fsp3) is 0.250. The van der Waals surface area contributed by atoms with Crippen LogP contribution < -0.4 is 0 Å². The van der Waals surface area contributed by atoms with Gasteiger partial charge in [0.1, 0.15) is 0 Å². The predicted molar refractivity (Wildman–Crippen MR) is 54.1 cm³/mol. The summed E-state index contributed by atoms with van der Waals surface area (Å²) < 4.78 is 0. The molecule has 0 saturated carbocycles. The topological polar surface area (TPSA) is 37.3 Å². The Hall–Kier alpha value is -1.57. The van der Waals surface area contributed by atoms with Crippen molar-refractivity contribution in [1.29, 1.82) is 0 Å². The first-order valence-electron chi connectivity index (χ1n) is 4.59. The van der Waals surface area contributed by atoms with Crippen molar-refractivity contribution in [2.45, 2.75) is 19.3 Å². The van der Waals surface area contributed by atoms with Gasteiger partial charge in [-0.15, -0.1) is 0 Å². The lowest BCUT2D eigenvalue weighted by molar-refractivity contribution is -0.132. The van der Waals surface area contributed by atoms with E-state index < -0.39 is 5.97 Å². The van der Waals surface area contributed by atoms with E-state index in [-0.39, 0.29) is 5.41 Å². The monoisotopic (exact) mass is 188 g/mol. The van der Waals surface area contributed by atoms with Crippen LogP contribution in [-0.2, 0) is 10.2 Å². The van der Waals surface area contributed by atoms with Crippen molar-refractivity contribution in [3.63, 3.8) is 0 Å². The summed E-state index contributed by atoms with van der Waals surface area (Å²) in [4.78, 5) is 10.9. The Morgan fingerprint density at radius 3 is 2.29 bits per heavy atom. The summed E-state index contributed by atoms with van der Waals surface area (Å²) in [5.74, 6) is -0.797. The summed E-state index contributed by atoms with van der Waals surface area (Å²) in [5.41, 5.74) is 2.25. The zero-order chi connectivity index (χ0) is 10.3. The van der Waals surface area contributed by atoms with Gasteiger partial charge < -0.3 is 5.11 Å². The van der Waals surface area contributed by atoms with Crippen LogP contribution in [0.25, 0.3) is 0 Å². The number of carboxylic acid groups (broad SMARTS) is 1. The van der Waals surface area contributed by atoms with E-state index in [9.17, 15) is 4.79 Å². The van der Waals surface area contributed by atoms with Gasteiger partial charge in [0.25, 0.3) is 0 Å². The van der Waals surface area contributed by atoms with E-state index in [1.165, 1.54) is 0 Å². The van der Waals surface area contributed by atoms with Crippen molar-refractivity contribution in [2.75, 3.05) is 0 Å². The smallest absolute Gasteiger partial charge is 0.332 e. The van der Waals surface area contributed by atoms with Gasteiger partial charge in [-0.25, -0.2) is 4.79 Å². The van der Waals surface area contributed by atoms with Crippen LogP contribution in [-0.4, -0.2) is 11.1 Å². The van der Waals surface area contributed by atoms with Crippen molar-refractivity contribution in [3.05, 3.63) is 47.0 Å². The van der Waals surface area contributed by atoms with E-state index >= 15 is 0 Å². The normalized spacial score (nSPS) is 25.0. The number of allylic oxidation sites excluding steroid dienone is 1. The van der Waals surface area contributed by atoms with Crippen molar-refractivity contribution >= 4 is 5.97 Å². The molecule has 72 valence electrons. The molecule has 0 aromatic heterocycles. The molecule has 1 atom stereocenters. The predicted octanol–water partition coefficient (Wildman–Crippen LogP) is 2.36. The molecule has 0 radical (unpaired) electrons. The van der Waals surface area contributed by atoms with Crippen LogP contribution in [0.15, 0.2) is 41.5 Å². The van der Waals surface area contributed by atoms with Gasteiger partial charge in [-0.1, -0.05) is 30.3 Å². The van der Waals surface area contributed by atoms with Crippen LogP contribution in [0.1, 0.15) is 19.4 Å². The molecule has 0 aliphatic heterocycles. The van der Waals surface area contributed by atoms with Crippen LogP contribution in [0.4, 0.5) is 0 Å². The number of carboxylic acids is 1. The van der Waals surface area contributed by atoms with E-state index in [1.54, 1.807) is 0 Å². The third kappa shape index (κ3) is 1.00. The maximum Gasteiger partial charge on any atom is 0.332 e. The summed E-state index contributed by atoms with van der Waals surface area (Å²) in [6.07, 6.45) is 0. The Kier molecular flexibility index (Phi) is 1.74. The van der Waals surface area contributed by atoms with Crippen molar-refractivity contribution < 1.29 is 9.90 Å². The Morgan fingerprint density at radius 1 is 1.29 bits per heavy atom. The lowest BCUT2D eigenvalue weighted by Crippen LogP contribution is -2.11. The minimum Gasteiger partial charge on any atom is -0.478 e. The van der Waals surface area contributed by atoms with Gasteiger partial charge >= 0.3 is 5.97 Å². The molecule has 0 unspecified atom stereocenters. The molecule has 1 N–H and O–H groups in total. The number of carbonyl (C=O) groups is 1. The maximum absolute atomic E-state index is 10.9. The molecule has 1 aromatic rings. The molecular formula is C12H12O2. The first kappa shape index (κ1) is 9.00. The van der Waals surface area contributed by atoms with Gasteiger partial charge in [-0.05, 0) is 25.0 Å². The maximum atomic E-state index is 10.9. The van der Waals surface area contributed by atoms with Gasteiger partial charge in [0.2, 0.25) is 0 Å². The van der Waals surface area contributed by atoms with E-state index in [0.717, 1.165) is 11.1 Å². The second-order valence-corrected chi connectivity index (χ2v) is 3.80. The molecule has 0 bridgehead atoms. The molecule has 0 amide bonds. The standard InChI is InChI=1S/C12H12O2/c1-8-10(11(13)14)12(8,2)9-6-4-3-5-7-9/h3-7H,1-2H3,(H,13,14)/t12-/m0/s1. The SMILES string of the molecule is CC1=C(C(=O)O)[C@]1(C)c1ccccc1. The highest BCUT2D eigenvalue weighted by Gasteiger charge is 2.51. The second kappa shape index (κ2) is 2.71. The van der Waals surface area contributed by atoms with E-state index in [1.807, 2.05) is 44.2 Å². The third-order valence-corrected chi connectivity index (χ3v) is 3.13. The summed E-state index contributed by atoms with van der Waals surface area (Å²) in [6.45, 7) is 3.84. The van der Waals surface area contributed by atoms with Crippen LogP contribution >= 0.6 is 0 Å². The van der Waals surface area contributed by atoms with E-state index in [2.05, 4.69) is 0 Å². The molecular weight excluding hydrogens is 176 g/mol. The summed E-state index contributed by atoms with van der Waals surface area (Å²) in [6, 6.07) is 9.75. The van der Waals surface area contributed by atoms with Crippen LogP contribution in [0.2, 0.25) is 0 Å². The van der Waals surface area contributed by atoms with Crippen molar-refractivity contribution in [1.82, 2.24) is 0 Å². The van der Waals surface area contributed by atoms with Gasteiger partial charge in [0.05, 0.1) is 5.57 Å². The minimum atomic E-state index is -0.797. The number of aliphatic carboxylic acids is 1. The van der Waals surface area contributed by atoms with Crippen molar-refractivity contribution in [2.24, 2.45) is 0 Å². The van der Waals surface area contributed by atoms with Gasteiger partial charge in [-0.2, -0.15) is 0 Å². The average molecular weight is 188 g/mol. The molecule has 0 heterocycles. The first-order chi connectivity index (χ1) is 6.58. The van der Waals surface area contributed by atoms with Gasteiger partial charge in [0, 0.05) is 5.41 Å². The molecule has 2 rings (SSSR count). The Balaban J connectivity index is 2.37. The summed E-state index contributed by atoms with van der Waals surface area (Å²) in [7, 11) is 0. The van der Waals surface area contributed by atoms with Crippen LogP contribution in [0, 0.1) is 0 Å². The lowest BCUT2D eigenvalue weighted by Gasteiger charge is -2.12. The fourth-order valence-corrected chi connectivity index (χ4v) is 2.04. The molecule has 1 aliphatic rings. The summed E-state index contributed by atoms with van der Waals surface area (Å²) >= 11 is 0. The number of rotatable bonds is 2. The number of hydrogen-bond donors (Lipinski definition) is 1. The lowest BCUT2D eigenvalue weighted by atomic mass is 9.90. The van der Waals surface area contributed by atoms with Gasteiger partial charge in [0.15, 0.2) is 0 Å². The molecule has 1 aromatic carbocycles. The Bertz CT molecular complexity index is 417. The fourth-order valence-electron chi connectivity index (χ4n) is 2.04.